The van der Waals surface area contributed by atoms with Gasteiger partial charge in [-0.05, 0) is 50.4 Å². The van der Waals surface area contributed by atoms with Crippen LogP contribution in [0.3, 0.4) is 0 Å². The van der Waals surface area contributed by atoms with Gasteiger partial charge in [0.2, 0.25) is 0 Å². The largest absolute Gasteiger partial charge is 0.370 e. The number of rotatable bonds is 6. The quantitative estimate of drug-likeness (QED) is 0.751. The molecule has 2 heteroatoms. The van der Waals surface area contributed by atoms with E-state index in [0.29, 0.717) is 12.1 Å². The molecule has 2 unspecified atom stereocenters. The molecule has 0 bridgehead atoms. The van der Waals surface area contributed by atoms with Crippen LogP contribution in [0.5, 0.6) is 0 Å². The van der Waals surface area contributed by atoms with Crippen LogP contribution in [0.25, 0.3) is 0 Å². The third-order valence-electron chi connectivity index (χ3n) is 5.75. The Labute approximate surface area is 132 Å². The molecule has 0 aliphatic heterocycles. The minimum atomic E-state index is 0.122. The van der Waals surface area contributed by atoms with Crippen molar-refractivity contribution in [3.05, 3.63) is 0 Å². The molecule has 0 spiro atoms. The zero-order chi connectivity index (χ0) is 15.3. The lowest BCUT2D eigenvalue weighted by Gasteiger charge is -2.44. The molecule has 0 heterocycles. The Morgan fingerprint density at radius 2 is 1.86 bits per heavy atom. The van der Waals surface area contributed by atoms with Gasteiger partial charge in [-0.15, -0.1) is 0 Å². The van der Waals surface area contributed by atoms with Crippen LogP contribution in [0.15, 0.2) is 0 Å². The van der Waals surface area contributed by atoms with E-state index in [1.807, 2.05) is 0 Å². The van der Waals surface area contributed by atoms with Crippen LogP contribution in [0.4, 0.5) is 0 Å². The molecule has 0 radical (unpaired) electrons. The monoisotopic (exact) mass is 295 g/mol. The van der Waals surface area contributed by atoms with E-state index in [-0.39, 0.29) is 5.60 Å². The first kappa shape index (κ1) is 17.3. The first-order valence-electron chi connectivity index (χ1n) is 9.44. The Balaban J connectivity index is 1.94. The Bertz CT molecular complexity index is 294. The van der Waals surface area contributed by atoms with E-state index in [0.717, 1.165) is 18.4 Å². The first-order chi connectivity index (χ1) is 10.0. The van der Waals surface area contributed by atoms with E-state index in [1.54, 1.807) is 0 Å². The normalized spacial score (nSPS) is 37.9. The van der Waals surface area contributed by atoms with E-state index in [4.69, 9.17) is 4.74 Å². The molecule has 2 aliphatic carbocycles. The van der Waals surface area contributed by atoms with Crippen molar-refractivity contribution in [2.45, 2.75) is 103 Å². The number of ether oxygens (including phenoxy) is 1. The summed E-state index contributed by atoms with van der Waals surface area (Å²) in [6, 6.07) is 0.555. The average Bonchev–Trinajstić information content (AvgIpc) is 2.48. The van der Waals surface area contributed by atoms with Gasteiger partial charge in [0.1, 0.15) is 0 Å². The van der Waals surface area contributed by atoms with Gasteiger partial charge in [0, 0.05) is 12.6 Å². The topological polar surface area (TPSA) is 21.3 Å². The molecule has 0 amide bonds. The average molecular weight is 296 g/mol. The summed E-state index contributed by atoms with van der Waals surface area (Å²) in [5, 5.41) is 3.66. The predicted molar refractivity (Wildman–Crippen MR) is 90.6 cm³/mol. The van der Waals surface area contributed by atoms with Gasteiger partial charge in [0.15, 0.2) is 0 Å². The second-order valence-electron chi connectivity index (χ2n) is 8.08. The maximum Gasteiger partial charge on any atom is 0.0810 e. The van der Waals surface area contributed by atoms with Crippen LogP contribution in [-0.4, -0.2) is 24.3 Å². The van der Waals surface area contributed by atoms with Gasteiger partial charge < -0.3 is 10.1 Å². The van der Waals surface area contributed by atoms with Crippen molar-refractivity contribution in [2.75, 3.05) is 6.54 Å². The fourth-order valence-electron chi connectivity index (χ4n) is 4.09. The predicted octanol–water partition coefficient (Wildman–Crippen LogP) is 4.92. The van der Waals surface area contributed by atoms with E-state index in [2.05, 4.69) is 33.0 Å². The number of hydrogen-bond donors (Lipinski definition) is 1. The summed E-state index contributed by atoms with van der Waals surface area (Å²) >= 11 is 0. The molecule has 1 N–H and O–H groups in total. The van der Waals surface area contributed by atoms with Crippen molar-refractivity contribution >= 4 is 0 Å². The third kappa shape index (κ3) is 5.25. The molecule has 2 nitrogen and oxygen atoms in total. The van der Waals surface area contributed by atoms with Crippen molar-refractivity contribution in [3.8, 4) is 0 Å². The van der Waals surface area contributed by atoms with Gasteiger partial charge in [-0.2, -0.15) is 0 Å². The third-order valence-corrected chi connectivity index (χ3v) is 5.75. The molecule has 2 aliphatic rings. The summed E-state index contributed by atoms with van der Waals surface area (Å²) in [6.07, 6.45) is 12.4. The minimum Gasteiger partial charge on any atom is -0.370 e. The molecule has 0 aromatic rings. The second kappa shape index (κ2) is 7.97. The molecular weight excluding hydrogens is 258 g/mol. The molecule has 0 aromatic carbocycles. The van der Waals surface area contributed by atoms with E-state index in [1.165, 1.54) is 57.8 Å². The molecule has 2 rings (SSSR count). The summed E-state index contributed by atoms with van der Waals surface area (Å²) in [7, 11) is 0. The molecule has 2 fully saturated rings. The van der Waals surface area contributed by atoms with Crippen LogP contribution in [0, 0.1) is 11.8 Å². The van der Waals surface area contributed by atoms with Crippen LogP contribution in [-0.2, 0) is 4.74 Å². The smallest absolute Gasteiger partial charge is 0.0810 e. The highest BCUT2D eigenvalue weighted by Crippen LogP contribution is 2.38. The maximum absolute atomic E-state index is 6.79. The standard InChI is InChI=1S/C19H37NO/c1-5-17-7-6-8-18(13-17)21-19(14-20-15(2)3)11-9-16(4)10-12-19/h15-18,20H,5-14H2,1-4H3. The number of nitrogens with one attached hydrogen (secondary N) is 1. The minimum absolute atomic E-state index is 0.122. The van der Waals surface area contributed by atoms with Gasteiger partial charge in [0.05, 0.1) is 11.7 Å². The molecule has 21 heavy (non-hydrogen) atoms. The summed E-state index contributed by atoms with van der Waals surface area (Å²) in [6.45, 7) is 10.3. The first-order valence-corrected chi connectivity index (χ1v) is 9.44. The van der Waals surface area contributed by atoms with Crippen molar-refractivity contribution in [1.82, 2.24) is 5.32 Å². The van der Waals surface area contributed by atoms with Crippen LogP contribution < -0.4 is 5.32 Å². The van der Waals surface area contributed by atoms with Crippen LogP contribution in [0.2, 0.25) is 0 Å². The molecule has 0 aromatic heterocycles. The SMILES string of the molecule is CCC1CCCC(OC2(CNC(C)C)CCC(C)CC2)C1. The van der Waals surface area contributed by atoms with Crippen molar-refractivity contribution in [2.24, 2.45) is 11.8 Å². The molecule has 124 valence electrons. The summed E-state index contributed by atoms with van der Waals surface area (Å²) in [5.41, 5.74) is 0.122. The summed E-state index contributed by atoms with van der Waals surface area (Å²) in [5.74, 6) is 1.79. The Morgan fingerprint density at radius 1 is 1.14 bits per heavy atom. The highest BCUT2D eigenvalue weighted by atomic mass is 16.5. The van der Waals surface area contributed by atoms with E-state index >= 15 is 0 Å². The highest BCUT2D eigenvalue weighted by Gasteiger charge is 2.38. The zero-order valence-corrected chi connectivity index (χ0v) is 14.8. The Hall–Kier alpha value is -0.0800. The van der Waals surface area contributed by atoms with Gasteiger partial charge in [0.25, 0.3) is 0 Å². The lowest BCUT2D eigenvalue weighted by atomic mass is 9.78. The lowest BCUT2D eigenvalue weighted by molar-refractivity contribution is -0.132. The Kier molecular flexibility index (Phi) is 6.55. The van der Waals surface area contributed by atoms with Gasteiger partial charge in [-0.25, -0.2) is 0 Å². The fraction of sp³-hybridized carbons (Fsp3) is 1.00. The highest BCUT2D eigenvalue weighted by molar-refractivity contribution is 4.91. The second-order valence-corrected chi connectivity index (χ2v) is 8.08. The fourth-order valence-corrected chi connectivity index (χ4v) is 4.09. The van der Waals surface area contributed by atoms with Crippen molar-refractivity contribution < 1.29 is 4.74 Å². The van der Waals surface area contributed by atoms with Gasteiger partial charge >= 0.3 is 0 Å². The van der Waals surface area contributed by atoms with Gasteiger partial charge in [-0.1, -0.05) is 47.0 Å². The number of hydrogen-bond acceptors (Lipinski definition) is 2. The van der Waals surface area contributed by atoms with Crippen LogP contribution >= 0.6 is 0 Å². The maximum atomic E-state index is 6.79. The lowest BCUT2D eigenvalue weighted by Crippen LogP contribution is -2.49. The van der Waals surface area contributed by atoms with Gasteiger partial charge in [-0.3, -0.25) is 0 Å². The Morgan fingerprint density at radius 3 is 2.48 bits per heavy atom. The summed E-state index contributed by atoms with van der Waals surface area (Å²) < 4.78 is 6.79. The van der Waals surface area contributed by atoms with E-state index < -0.39 is 0 Å². The zero-order valence-electron chi connectivity index (χ0n) is 14.8. The van der Waals surface area contributed by atoms with Crippen molar-refractivity contribution in [3.63, 3.8) is 0 Å². The molecular formula is C19H37NO. The molecule has 0 saturated heterocycles. The summed E-state index contributed by atoms with van der Waals surface area (Å²) in [4.78, 5) is 0. The van der Waals surface area contributed by atoms with Crippen molar-refractivity contribution in [1.29, 1.82) is 0 Å². The molecule has 2 saturated carbocycles. The molecule has 2 atom stereocenters. The van der Waals surface area contributed by atoms with Crippen LogP contribution in [0.1, 0.15) is 85.5 Å². The van der Waals surface area contributed by atoms with E-state index in [9.17, 15) is 0 Å².